The highest BCUT2D eigenvalue weighted by Crippen LogP contribution is 1.98. The second kappa shape index (κ2) is 1.62. The minimum absolute atomic E-state index is 0.183. The van der Waals surface area contributed by atoms with Gasteiger partial charge in [-0.05, 0) is 0 Å². The molecule has 40 valence electrons. The number of nitrogens with zero attached hydrogens (tertiary/aromatic N) is 3. The number of nitrogens with one attached hydrogen (secondary N) is 1. The Kier molecular flexibility index (Phi) is 0.968. The van der Waals surface area contributed by atoms with Gasteiger partial charge in [0.05, 0.1) is 0 Å². The highest BCUT2D eigenvalue weighted by molar-refractivity contribution is 5.22. The maximum Gasteiger partial charge on any atom is 0.393 e. The summed E-state index contributed by atoms with van der Waals surface area (Å²) in [7, 11) is 0. The number of aromatic amines is 1. The first-order chi connectivity index (χ1) is 3.83. The van der Waals surface area contributed by atoms with Gasteiger partial charge in [0.1, 0.15) is 0 Å². The molecule has 0 spiro atoms. The molecular weight excluding hydrogens is 104 g/mol. The Morgan fingerprint density at radius 2 is 2.50 bits per heavy atom. The third-order valence-corrected chi connectivity index (χ3v) is 0.685. The molecule has 0 amide bonds. The van der Waals surface area contributed by atoms with E-state index >= 15 is 0 Å². The van der Waals surface area contributed by atoms with Crippen LogP contribution < -0.4 is 0 Å². The van der Waals surface area contributed by atoms with E-state index in [9.17, 15) is 0 Å². The van der Waals surface area contributed by atoms with Gasteiger partial charge in [0, 0.05) is 6.92 Å². The van der Waals surface area contributed by atoms with Gasteiger partial charge in [-0.3, -0.25) is 0 Å². The molecule has 1 aromatic heterocycles. The average Bonchev–Trinajstić information content (AvgIpc) is 2.14. The molecule has 1 rings (SSSR count). The zero-order chi connectivity index (χ0) is 5.98. The molecule has 0 fully saturated rings. The molecule has 4 nitrogen and oxygen atoms in total. The summed E-state index contributed by atoms with van der Waals surface area (Å²) in [5, 5.41) is 6.09. The van der Waals surface area contributed by atoms with Crippen molar-refractivity contribution in [2.45, 2.75) is 6.92 Å². The van der Waals surface area contributed by atoms with E-state index in [1.54, 1.807) is 6.92 Å². The van der Waals surface area contributed by atoms with Crippen LogP contribution in [0.2, 0.25) is 0 Å². The van der Waals surface area contributed by atoms with Crippen LogP contribution in [0.3, 0.4) is 0 Å². The maximum atomic E-state index is 6.44. The predicted octanol–water partition coefficient (Wildman–Crippen LogP) is 0.664. The number of rotatable bonds is 0. The number of aryl methyl sites for hydroxylation is 1. The number of hydrogen-bond acceptors (Lipinski definition) is 2. The minimum Gasteiger partial charge on any atom is -0.393 e. The van der Waals surface area contributed by atoms with Crippen molar-refractivity contribution in [1.29, 1.82) is 0 Å². The summed E-state index contributed by atoms with van der Waals surface area (Å²) in [4.78, 5) is 6.70. The van der Waals surface area contributed by atoms with E-state index < -0.39 is 0 Å². The Hall–Kier alpha value is -1.37. The Morgan fingerprint density at radius 3 is 2.75 bits per heavy atom. The lowest BCUT2D eigenvalue weighted by atomic mass is 10.8. The van der Waals surface area contributed by atoms with Crippen molar-refractivity contribution in [2.75, 3.05) is 0 Å². The first kappa shape index (κ1) is 4.78. The van der Waals surface area contributed by atoms with Crippen LogP contribution in [0.1, 0.15) is 5.82 Å². The molecule has 0 saturated carbocycles. The van der Waals surface area contributed by atoms with Gasteiger partial charge in [0.25, 0.3) is 0 Å². The van der Waals surface area contributed by atoms with E-state index in [4.69, 9.17) is 6.57 Å². The van der Waals surface area contributed by atoms with Crippen molar-refractivity contribution in [3.8, 4) is 0 Å². The van der Waals surface area contributed by atoms with Crippen molar-refractivity contribution in [2.24, 2.45) is 0 Å². The van der Waals surface area contributed by atoms with Crippen molar-refractivity contribution >= 4 is 5.95 Å². The van der Waals surface area contributed by atoms with Crippen LogP contribution in [-0.2, 0) is 0 Å². The van der Waals surface area contributed by atoms with Crippen LogP contribution in [0.25, 0.3) is 4.85 Å². The maximum absolute atomic E-state index is 6.44. The molecule has 8 heavy (non-hydrogen) atoms. The van der Waals surface area contributed by atoms with E-state index in [0.29, 0.717) is 5.82 Å². The van der Waals surface area contributed by atoms with Crippen molar-refractivity contribution in [3.05, 3.63) is 17.2 Å². The smallest absolute Gasteiger partial charge is 0.393 e. The minimum atomic E-state index is 0.183. The van der Waals surface area contributed by atoms with E-state index in [-0.39, 0.29) is 5.95 Å². The molecule has 4 heteroatoms. The van der Waals surface area contributed by atoms with Gasteiger partial charge >= 0.3 is 5.95 Å². The second-order valence-corrected chi connectivity index (χ2v) is 1.33. The Bertz CT molecular complexity index is 218. The normalized spacial score (nSPS) is 8.50. The summed E-state index contributed by atoms with van der Waals surface area (Å²) >= 11 is 0. The van der Waals surface area contributed by atoms with Crippen molar-refractivity contribution in [3.63, 3.8) is 0 Å². The van der Waals surface area contributed by atoms with Gasteiger partial charge in [-0.25, -0.2) is 5.10 Å². The number of hydrogen-bond donors (Lipinski definition) is 1. The molecule has 0 bridgehead atoms. The summed E-state index contributed by atoms with van der Waals surface area (Å²) in [6, 6.07) is 0. The average molecular weight is 108 g/mol. The van der Waals surface area contributed by atoms with Gasteiger partial charge in [-0.2, -0.15) is 0 Å². The number of H-pyrrole nitrogens is 1. The van der Waals surface area contributed by atoms with E-state index in [0.717, 1.165) is 0 Å². The fourth-order valence-electron chi connectivity index (χ4n) is 0.381. The molecule has 0 saturated heterocycles. The highest BCUT2D eigenvalue weighted by atomic mass is 15.3. The summed E-state index contributed by atoms with van der Waals surface area (Å²) in [6.07, 6.45) is 0. The Labute approximate surface area is 46.4 Å². The summed E-state index contributed by atoms with van der Waals surface area (Å²) in [5.74, 6) is 0.860. The van der Waals surface area contributed by atoms with Crippen LogP contribution in [0, 0.1) is 13.5 Å². The molecule has 1 N–H and O–H groups in total. The zero-order valence-corrected chi connectivity index (χ0v) is 4.34. The lowest BCUT2D eigenvalue weighted by Crippen LogP contribution is -1.68. The molecule has 0 aromatic carbocycles. The highest BCUT2D eigenvalue weighted by Gasteiger charge is 1.96. The van der Waals surface area contributed by atoms with Gasteiger partial charge in [-0.15, -0.1) is 11.6 Å². The van der Waals surface area contributed by atoms with Gasteiger partial charge in [0.15, 0.2) is 5.82 Å². The standard InChI is InChI=1S/C4H4N4/c1-3-6-4(5-2)8-7-3/h1H3,(H,6,7,8). The number of aromatic nitrogens is 3. The molecular formula is C4H4N4. The molecule has 0 aliphatic carbocycles. The third-order valence-electron chi connectivity index (χ3n) is 0.685. The largest absolute Gasteiger partial charge is 0.393 e. The molecule has 0 aliphatic heterocycles. The molecule has 0 radical (unpaired) electrons. The lowest BCUT2D eigenvalue weighted by molar-refractivity contribution is 1.04. The first-order valence-electron chi connectivity index (χ1n) is 2.09. The molecule has 0 unspecified atom stereocenters. The molecule has 0 atom stereocenters. The summed E-state index contributed by atoms with van der Waals surface area (Å²) in [5.41, 5.74) is 0. The Morgan fingerprint density at radius 1 is 1.75 bits per heavy atom. The van der Waals surface area contributed by atoms with E-state index in [1.807, 2.05) is 0 Å². The third kappa shape index (κ3) is 0.658. The lowest BCUT2D eigenvalue weighted by Gasteiger charge is -1.66. The summed E-state index contributed by atoms with van der Waals surface area (Å²) < 4.78 is 0. The van der Waals surface area contributed by atoms with Crippen LogP contribution in [-0.4, -0.2) is 15.2 Å². The first-order valence-corrected chi connectivity index (χ1v) is 2.09. The van der Waals surface area contributed by atoms with Gasteiger partial charge in [0.2, 0.25) is 0 Å². The Balaban J connectivity index is 3.05. The second-order valence-electron chi connectivity index (χ2n) is 1.33. The summed E-state index contributed by atoms with van der Waals surface area (Å²) in [6.45, 7) is 8.19. The fraction of sp³-hybridized carbons (Fsp3) is 0.250. The van der Waals surface area contributed by atoms with Crippen LogP contribution in [0.15, 0.2) is 0 Å². The SMILES string of the molecule is [C-]#[N+]c1n[nH]c(C)n1. The van der Waals surface area contributed by atoms with Crippen LogP contribution >= 0.6 is 0 Å². The van der Waals surface area contributed by atoms with Crippen LogP contribution in [0.5, 0.6) is 0 Å². The predicted molar refractivity (Wildman–Crippen MR) is 27.4 cm³/mol. The molecule has 0 aliphatic rings. The topological polar surface area (TPSA) is 45.9 Å². The zero-order valence-electron chi connectivity index (χ0n) is 4.34. The van der Waals surface area contributed by atoms with Crippen molar-refractivity contribution < 1.29 is 0 Å². The fourth-order valence-corrected chi connectivity index (χ4v) is 0.381. The molecule has 1 heterocycles. The van der Waals surface area contributed by atoms with Crippen LogP contribution in [0.4, 0.5) is 5.95 Å². The van der Waals surface area contributed by atoms with E-state index in [1.165, 1.54) is 0 Å². The van der Waals surface area contributed by atoms with Gasteiger partial charge < -0.3 is 4.85 Å². The molecule has 1 aromatic rings. The monoisotopic (exact) mass is 108 g/mol. The van der Waals surface area contributed by atoms with E-state index in [2.05, 4.69) is 20.0 Å². The van der Waals surface area contributed by atoms with Gasteiger partial charge in [-0.1, -0.05) is 5.10 Å². The van der Waals surface area contributed by atoms with Crippen molar-refractivity contribution in [1.82, 2.24) is 15.2 Å². The quantitative estimate of drug-likeness (QED) is 0.496.